The second-order valence-corrected chi connectivity index (χ2v) is 5.26. The fraction of sp³-hybridized carbons (Fsp3) is 0.571. The fourth-order valence-electron chi connectivity index (χ4n) is 3.60. The molecule has 2 N–H and O–H groups in total. The highest BCUT2D eigenvalue weighted by molar-refractivity contribution is 5.43. The van der Waals surface area contributed by atoms with Gasteiger partial charge in [-0.2, -0.15) is 0 Å². The third kappa shape index (κ3) is 1.29. The lowest BCUT2D eigenvalue weighted by Crippen LogP contribution is -2.41. The predicted octanol–water partition coefficient (Wildman–Crippen LogP) is 2.51. The zero-order valence-corrected chi connectivity index (χ0v) is 9.45. The van der Waals surface area contributed by atoms with Gasteiger partial charge in [0, 0.05) is 5.41 Å². The van der Waals surface area contributed by atoms with E-state index in [1.54, 1.807) is 6.07 Å². The smallest absolute Gasteiger partial charge is 0.115 e. The van der Waals surface area contributed by atoms with Gasteiger partial charge in [0.2, 0.25) is 0 Å². The SMILES string of the molecule is Oc1ccc2c(c1)C1(CCCC1)C(O)CC2. The molecule has 86 valence electrons. The third-order valence-corrected chi connectivity index (χ3v) is 4.45. The molecule has 1 saturated carbocycles. The normalized spacial score (nSPS) is 26.9. The van der Waals surface area contributed by atoms with Gasteiger partial charge in [0.15, 0.2) is 0 Å². The minimum absolute atomic E-state index is 0.0493. The van der Waals surface area contributed by atoms with Crippen LogP contribution in [0.1, 0.15) is 43.2 Å². The van der Waals surface area contributed by atoms with Crippen molar-refractivity contribution in [3.05, 3.63) is 29.3 Å². The molecule has 1 fully saturated rings. The number of phenolic OH excluding ortho intramolecular Hbond substituents is 1. The summed E-state index contributed by atoms with van der Waals surface area (Å²) < 4.78 is 0. The van der Waals surface area contributed by atoms with E-state index in [-0.39, 0.29) is 11.5 Å². The Labute approximate surface area is 95.9 Å². The Morgan fingerprint density at radius 2 is 1.94 bits per heavy atom. The Kier molecular flexibility index (Phi) is 2.21. The molecule has 1 spiro atoms. The first-order valence-electron chi connectivity index (χ1n) is 6.23. The number of hydrogen-bond acceptors (Lipinski definition) is 2. The highest BCUT2D eigenvalue weighted by Gasteiger charge is 2.45. The monoisotopic (exact) mass is 218 g/mol. The topological polar surface area (TPSA) is 40.5 Å². The number of benzene rings is 1. The molecule has 1 atom stereocenters. The Morgan fingerprint density at radius 3 is 2.69 bits per heavy atom. The average molecular weight is 218 g/mol. The van der Waals surface area contributed by atoms with Crippen molar-refractivity contribution in [3.8, 4) is 5.75 Å². The van der Waals surface area contributed by atoms with Gasteiger partial charge in [0.25, 0.3) is 0 Å². The zero-order chi connectivity index (χ0) is 11.2. The molecule has 3 rings (SSSR count). The van der Waals surface area contributed by atoms with E-state index in [1.807, 2.05) is 12.1 Å². The summed E-state index contributed by atoms with van der Waals surface area (Å²) in [7, 11) is 0. The molecule has 1 aromatic carbocycles. The standard InChI is InChI=1S/C14H18O2/c15-11-5-3-10-4-6-13(16)14(12(10)9-11)7-1-2-8-14/h3,5,9,13,15-16H,1-2,4,6-8H2. The second-order valence-electron chi connectivity index (χ2n) is 5.26. The number of aromatic hydroxyl groups is 1. The Balaban J connectivity index is 2.15. The van der Waals surface area contributed by atoms with Crippen LogP contribution in [0.5, 0.6) is 5.75 Å². The molecule has 0 bridgehead atoms. The first-order valence-corrected chi connectivity index (χ1v) is 6.23. The summed E-state index contributed by atoms with van der Waals surface area (Å²) in [6, 6.07) is 5.67. The molecule has 0 heterocycles. The van der Waals surface area contributed by atoms with E-state index < -0.39 is 0 Å². The quantitative estimate of drug-likeness (QED) is 0.702. The van der Waals surface area contributed by atoms with Gasteiger partial charge in [-0.25, -0.2) is 0 Å². The van der Waals surface area contributed by atoms with E-state index in [2.05, 4.69) is 0 Å². The summed E-state index contributed by atoms with van der Waals surface area (Å²) in [5.74, 6) is 0.333. The minimum Gasteiger partial charge on any atom is -0.508 e. The highest BCUT2D eigenvalue weighted by atomic mass is 16.3. The van der Waals surface area contributed by atoms with Crippen LogP contribution >= 0.6 is 0 Å². The average Bonchev–Trinajstić information content (AvgIpc) is 2.75. The lowest BCUT2D eigenvalue weighted by atomic mass is 9.67. The van der Waals surface area contributed by atoms with E-state index in [0.29, 0.717) is 5.75 Å². The number of aliphatic hydroxyl groups is 1. The largest absolute Gasteiger partial charge is 0.508 e. The Morgan fingerprint density at radius 1 is 1.19 bits per heavy atom. The van der Waals surface area contributed by atoms with Crippen LogP contribution in [-0.4, -0.2) is 16.3 Å². The molecule has 16 heavy (non-hydrogen) atoms. The number of hydrogen-bond donors (Lipinski definition) is 2. The maximum absolute atomic E-state index is 10.3. The Hall–Kier alpha value is -1.02. The minimum atomic E-state index is -0.218. The molecule has 0 radical (unpaired) electrons. The zero-order valence-electron chi connectivity index (χ0n) is 9.45. The summed E-state index contributed by atoms with van der Waals surface area (Å²) in [6.45, 7) is 0. The van der Waals surface area contributed by atoms with Gasteiger partial charge in [-0.15, -0.1) is 0 Å². The molecular weight excluding hydrogens is 200 g/mol. The maximum Gasteiger partial charge on any atom is 0.115 e. The highest BCUT2D eigenvalue weighted by Crippen LogP contribution is 2.49. The van der Waals surface area contributed by atoms with Crippen molar-refractivity contribution in [2.45, 2.75) is 50.0 Å². The van der Waals surface area contributed by atoms with Crippen LogP contribution in [-0.2, 0) is 11.8 Å². The first-order chi connectivity index (χ1) is 7.72. The maximum atomic E-state index is 10.3. The molecule has 1 aromatic rings. The molecule has 1 unspecified atom stereocenters. The predicted molar refractivity (Wildman–Crippen MR) is 62.6 cm³/mol. The molecule has 2 aliphatic carbocycles. The molecule has 0 aromatic heterocycles. The van der Waals surface area contributed by atoms with Crippen LogP contribution < -0.4 is 0 Å². The van der Waals surface area contributed by atoms with E-state index >= 15 is 0 Å². The van der Waals surface area contributed by atoms with Crippen LogP contribution in [0.2, 0.25) is 0 Å². The van der Waals surface area contributed by atoms with Crippen LogP contribution in [0.3, 0.4) is 0 Å². The molecule has 2 aliphatic rings. The summed E-state index contributed by atoms with van der Waals surface area (Å²) in [5.41, 5.74) is 2.49. The van der Waals surface area contributed by atoms with Gasteiger partial charge < -0.3 is 10.2 Å². The Bertz CT molecular complexity index is 405. The summed E-state index contributed by atoms with van der Waals surface area (Å²) in [6.07, 6.45) is 6.15. The molecule has 0 amide bonds. The van der Waals surface area contributed by atoms with Gasteiger partial charge in [-0.05, 0) is 48.9 Å². The molecule has 0 aliphatic heterocycles. The molecular formula is C14H18O2. The summed E-state index contributed by atoms with van der Waals surface area (Å²) >= 11 is 0. The lowest BCUT2D eigenvalue weighted by molar-refractivity contribution is 0.0660. The van der Waals surface area contributed by atoms with E-state index in [9.17, 15) is 10.2 Å². The molecule has 2 heteroatoms. The number of fused-ring (bicyclic) bond motifs is 2. The third-order valence-electron chi connectivity index (χ3n) is 4.45. The lowest BCUT2D eigenvalue weighted by Gasteiger charge is -2.40. The van der Waals surface area contributed by atoms with Crippen LogP contribution in [0, 0.1) is 0 Å². The van der Waals surface area contributed by atoms with Gasteiger partial charge in [-0.1, -0.05) is 18.9 Å². The molecule has 2 nitrogen and oxygen atoms in total. The van der Waals surface area contributed by atoms with Crippen molar-refractivity contribution >= 4 is 0 Å². The summed E-state index contributed by atoms with van der Waals surface area (Å²) in [5, 5.41) is 20.0. The van der Waals surface area contributed by atoms with Crippen molar-refractivity contribution in [2.24, 2.45) is 0 Å². The van der Waals surface area contributed by atoms with Crippen LogP contribution in [0.4, 0.5) is 0 Å². The number of rotatable bonds is 0. The van der Waals surface area contributed by atoms with E-state index in [4.69, 9.17) is 0 Å². The van der Waals surface area contributed by atoms with Crippen molar-refractivity contribution in [1.29, 1.82) is 0 Å². The van der Waals surface area contributed by atoms with Gasteiger partial charge >= 0.3 is 0 Å². The number of aryl methyl sites for hydroxylation is 1. The van der Waals surface area contributed by atoms with Gasteiger partial charge in [0.1, 0.15) is 5.75 Å². The van der Waals surface area contributed by atoms with Crippen molar-refractivity contribution in [1.82, 2.24) is 0 Å². The van der Waals surface area contributed by atoms with Gasteiger partial charge in [-0.3, -0.25) is 0 Å². The van der Waals surface area contributed by atoms with Crippen molar-refractivity contribution in [2.75, 3.05) is 0 Å². The van der Waals surface area contributed by atoms with E-state index in [1.165, 1.54) is 24.0 Å². The molecule has 0 saturated heterocycles. The second kappa shape index (κ2) is 3.49. The summed E-state index contributed by atoms with van der Waals surface area (Å²) in [4.78, 5) is 0. The van der Waals surface area contributed by atoms with Crippen molar-refractivity contribution in [3.63, 3.8) is 0 Å². The van der Waals surface area contributed by atoms with E-state index in [0.717, 1.165) is 25.7 Å². The first kappa shape index (κ1) is 10.2. The van der Waals surface area contributed by atoms with Crippen molar-refractivity contribution < 1.29 is 10.2 Å². The van der Waals surface area contributed by atoms with Crippen LogP contribution in [0.15, 0.2) is 18.2 Å². The van der Waals surface area contributed by atoms with Gasteiger partial charge in [0.05, 0.1) is 6.10 Å². The fourth-order valence-corrected chi connectivity index (χ4v) is 3.60. The number of phenols is 1. The van der Waals surface area contributed by atoms with Crippen LogP contribution in [0.25, 0.3) is 0 Å². The number of aliphatic hydroxyl groups excluding tert-OH is 1.